The summed E-state index contributed by atoms with van der Waals surface area (Å²) in [6.45, 7) is -0.301. The summed E-state index contributed by atoms with van der Waals surface area (Å²) in [4.78, 5) is 9.40. The molecule has 2 heterocycles. The van der Waals surface area contributed by atoms with Crippen LogP contribution in [0.3, 0.4) is 0 Å². The van der Waals surface area contributed by atoms with Gasteiger partial charge in [-0.1, -0.05) is 0 Å². The molecule has 0 spiro atoms. The summed E-state index contributed by atoms with van der Waals surface area (Å²) in [5.74, 6) is -0.414. The molecule has 0 fully saturated rings. The van der Waals surface area contributed by atoms with Gasteiger partial charge in [0.15, 0.2) is 0 Å². The van der Waals surface area contributed by atoms with Crippen molar-refractivity contribution < 1.29 is 9.50 Å². The highest BCUT2D eigenvalue weighted by atomic mass is 32.1. The van der Waals surface area contributed by atoms with Crippen molar-refractivity contribution in [3.63, 3.8) is 0 Å². The smallest absolute Gasteiger partial charge is 0.138 e. The van der Waals surface area contributed by atoms with Gasteiger partial charge in [0.2, 0.25) is 0 Å². The Morgan fingerprint density at radius 3 is 3.00 bits per heavy atom. The third-order valence-corrected chi connectivity index (χ3v) is 3.04. The van der Waals surface area contributed by atoms with Gasteiger partial charge in [-0.05, 0) is 18.2 Å². The molecular weight excluding hydrogens is 227 g/mol. The van der Waals surface area contributed by atoms with Gasteiger partial charge in [0, 0.05) is 12.4 Å². The second-order valence-electron chi connectivity index (χ2n) is 2.99. The lowest BCUT2D eigenvalue weighted by molar-refractivity contribution is 0.342. The number of aliphatic hydroxyl groups excluding tert-OH is 1. The molecule has 0 aliphatic carbocycles. The Morgan fingerprint density at radius 1 is 1.44 bits per heavy atom. The van der Waals surface area contributed by atoms with Gasteiger partial charge in [0.1, 0.15) is 5.83 Å². The maximum Gasteiger partial charge on any atom is 0.138 e. The van der Waals surface area contributed by atoms with E-state index in [0.717, 1.165) is 16.6 Å². The minimum absolute atomic E-state index is 0.301. The maximum absolute atomic E-state index is 13.3. The van der Waals surface area contributed by atoms with Crippen LogP contribution in [-0.4, -0.2) is 21.7 Å². The molecule has 0 aliphatic heterocycles. The molecule has 3 nitrogen and oxygen atoms in total. The van der Waals surface area contributed by atoms with Crippen LogP contribution in [0.15, 0.2) is 36.8 Å². The molecule has 0 saturated heterocycles. The van der Waals surface area contributed by atoms with Gasteiger partial charge >= 0.3 is 0 Å². The van der Waals surface area contributed by atoms with Crippen molar-refractivity contribution in [3.05, 3.63) is 41.7 Å². The number of hydrogen-bond acceptors (Lipinski definition) is 4. The van der Waals surface area contributed by atoms with Crippen LogP contribution in [0, 0.1) is 0 Å². The SMILES string of the molecule is OC/C=C(/F)c1ccc(-c2cnccn2)s1. The molecule has 5 heteroatoms. The largest absolute Gasteiger partial charge is 0.392 e. The van der Waals surface area contributed by atoms with Crippen molar-refractivity contribution >= 4 is 17.2 Å². The van der Waals surface area contributed by atoms with Gasteiger partial charge in [-0.3, -0.25) is 9.97 Å². The van der Waals surface area contributed by atoms with Crippen molar-refractivity contribution in [2.45, 2.75) is 0 Å². The van der Waals surface area contributed by atoms with Gasteiger partial charge in [0.05, 0.1) is 28.3 Å². The first-order valence-electron chi connectivity index (χ1n) is 4.64. The quantitative estimate of drug-likeness (QED) is 0.890. The first-order chi connectivity index (χ1) is 7.81. The van der Waals surface area contributed by atoms with E-state index >= 15 is 0 Å². The number of aliphatic hydroxyl groups is 1. The molecule has 0 bridgehead atoms. The van der Waals surface area contributed by atoms with Crippen LogP contribution in [0.1, 0.15) is 4.88 Å². The summed E-state index contributed by atoms with van der Waals surface area (Å²) < 4.78 is 13.3. The standard InChI is InChI=1S/C11H9FN2OS/c12-8(3-6-15)10-1-2-11(16-10)9-7-13-4-5-14-9/h1-5,7,15H,6H2/b8-3+. The normalized spacial score (nSPS) is 11.8. The summed E-state index contributed by atoms with van der Waals surface area (Å²) in [5.41, 5.74) is 0.718. The average molecular weight is 236 g/mol. The Bertz CT molecular complexity index is 496. The molecule has 1 N–H and O–H groups in total. The van der Waals surface area contributed by atoms with Crippen molar-refractivity contribution in [1.82, 2.24) is 9.97 Å². The lowest BCUT2D eigenvalue weighted by Gasteiger charge is -1.93. The first kappa shape index (κ1) is 10.9. The lowest BCUT2D eigenvalue weighted by Crippen LogP contribution is -1.79. The summed E-state index contributed by atoms with van der Waals surface area (Å²) in [6, 6.07) is 3.45. The van der Waals surface area contributed by atoms with E-state index in [9.17, 15) is 4.39 Å². The minimum Gasteiger partial charge on any atom is -0.392 e. The van der Waals surface area contributed by atoms with Crippen LogP contribution >= 0.6 is 11.3 Å². The molecule has 0 aromatic carbocycles. The van der Waals surface area contributed by atoms with Gasteiger partial charge in [-0.15, -0.1) is 11.3 Å². The predicted octanol–water partition coefficient (Wildman–Crippen LogP) is 2.51. The highest BCUT2D eigenvalue weighted by molar-refractivity contribution is 7.16. The Kier molecular flexibility index (Phi) is 3.38. The van der Waals surface area contributed by atoms with Crippen LogP contribution in [0.25, 0.3) is 16.4 Å². The maximum atomic E-state index is 13.3. The fraction of sp³-hybridized carbons (Fsp3) is 0.0909. The molecule has 2 aromatic rings. The van der Waals surface area contributed by atoms with Crippen LogP contribution in [0.5, 0.6) is 0 Å². The van der Waals surface area contributed by atoms with Gasteiger partial charge in [-0.25, -0.2) is 4.39 Å². The third-order valence-electron chi connectivity index (χ3n) is 1.93. The van der Waals surface area contributed by atoms with Crippen molar-refractivity contribution in [3.8, 4) is 10.6 Å². The van der Waals surface area contributed by atoms with Crippen LogP contribution in [0.4, 0.5) is 4.39 Å². The van der Waals surface area contributed by atoms with Gasteiger partial charge in [0.25, 0.3) is 0 Å². The topological polar surface area (TPSA) is 46.0 Å². The Balaban J connectivity index is 2.30. The second-order valence-corrected chi connectivity index (χ2v) is 4.07. The Labute approximate surface area is 95.9 Å². The number of hydrogen-bond donors (Lipinski definition) is 1. The Hall–Kier alpha value is -1.59. The number of aromatic nitrogens is 2. The fourth-order valence-electron chi connectivity index (χ4n) is 1.21. The van der Waals surface area contributed by atoms with E-state index in [2.05, 4.69) is 9.97 Å². The molecular formula is C11H9FN2OS. The van der Waals surface area contributed by atoms with E-state index in [4.69, 9.17) is 5.11 Å². The zero-order valence-electron chi connectivity index (χ0n) is 8.30. The highest BCUT2D eigenvalue weighted by Crippen LogP contribution is 2.30. The average Bonchev–Trinajstić information content (AvgIpc) is 2.80. The summed E-state index contributed by atoms with van der Waals surface area (Å²) in [7, 11) is 0. The van der Waals surface area contributed by atoms with E-state index in [1.54, 1.807) is 30.7 Å². The van der Waals surface area contributed by atoms with E-state index in [-0.39, 0.29) is 6.61 Å². The summed E-state index contributed by atoms with van der Waals surface area (Å²) >= 11 is 1.28. The number of halogens is 1. The lowest BCUT2D eigenvalue weighted by atomic mass is 10.3. The van der Waals surface area contributed by atoms with Crippen LogP contribution < -0.4 is 0 Å². The van der Waals surface area contributed by atoms with Crippen molar-refractivity contribution in [2.24, 2.45) is 0 Å². The van der Waals surface area contributed by atoms with Gasteiger partial charge in [-0.2, -0.15) is 0 Å². The molecule has 0 saturated carbocycles. The van der Waals surface area contributed by atoms with Crippen molar-refractivity contribution in [1.29, 1.82) is 0 Å². The minimum atomic E-state index is -0.414. The molecule has 82 valence electrons. The molecule has 2 aromatic heterocycles. The fourth-order valence-corrected chi connectivity index (χ4v) is 2.11. The zero-order valence-corrected chi connectivity index (χ0v) is 9.12. The van der Waals surface area contributed by atoms with Crippen LogP contribution in [0.2, 0.25) is 0 Å². The zero-order chi connectivity index (χ0) is 11.4. The second kappa shape index (κ2) is 4.96. The van der Waals surface area contributed by atoms with Gasteiger partial charge < -0.3 is 5.11 Å². The van der Waals surface area contributed by atoms with E-state index < -0.39 is 5.83 Å². The summed E-state index contributed by atoms with van der Waals surface area (Å²) in [5, 5.41) is 8.59. The summed E-state index contributed by atoms with van der Waals surface area (Å²) in [6.07, 6.45) is 5.94. The van der Waals surface area contributed by atoms with E-state index in [0.29, 0.717) is 4.88 Å². The molecule has 2 rings (SSSR count). The third kappa shape index (κ3) is 2.32. The highest BCUT2D eigenvalue weighted by Gasteiger charge is 2.07. The van der Waals surface area contributed by atoms with E-state index in [1.807, 2.05) is 0 Å². The first-order valence-corrected chi connectivity index (χ1v) is 5.46. The number of nitrogens with zero attached hydrogens (tertiary/aromatic N) is 2. The molecule has 0 unspecified atom stereocenters. The molecule has 0 atom stereocenters. The predicted molar refractivity (Wildman–Crippen MR) is 61.5 cm³/mol. The number of thiophene rings is 1. The molecule has 16 heavy (non-hydrogen) atoms. The van der Waals surface area contributed by atoms with Crippen molar-refractivity contribution in [2.75, 3.05) is 6.61 Å². The molecule has 0 radical (unpaired) electrons. The monoisotopic (exact) mass is 236 g/mol. The van der Waals surface area contributed by atoms with Crippen LogP contribution in [-0.2, 0) is 0 Å². The Morgan fingerprint density at radius 2 is 2.31 bits per heavy atom. The molecule has 0 aliphatic rings. The number of rotatable bonds is 3. The van der Waals surface area contributed by atoms with E-state index in [1.165, 1.54) is 11.3 Å². The molecule has 0 amide bonds.